The molecule has 2 aliphatic rings. The van der Waals surface area contributed by atoms with Crippen LogP contribution < -0.4 is 15.0 Å². The van der Waals surface area contributed by atoms with Crippen molar-refractivity contribution in [2.45, 2.75) is 51.5 Å². The first-order valence-electron chi connectivity index (χ1n) is 12.6. The van der Waals surface area contributed by atoms with Gasteiger partial charge in [0.1, 0.15) is 5.82 Å². The van der Waals surface area contributed by atoms with E-state index in [1.165, 1.54) is 24.1 Å². The summed E-state index contributed by atoms with van der Waals surface area (Å²) in [5.41, 5.74) is 2.20. The van der Waals surface area contributed by atoms with Crippen molar-refractivity contribution in [3.63, 3.8) is 0 Å². The first-order valence-corrected chi connectivity index (χ1v) is 12.6. The SMILES string of the molecule is CCOC(=O)C[C@H](NC(=O)[C@H]1C[C@@H](Cc2ccc3c(n2)N(C(=O)O)CCC3)C1)c1ccc(OC)c(F)c1. The maximum absolute atomic E-state index is 14.3. The van der Waals surface area contributed by atoms with Crippen LogP contribution >= 0.6 is 0 Å². The molecule has 4 rings (SSSR count). The van der Waals surface area contributed by atoms with Crippen LogP contribution in [0.4, 0.5) is 15.0 Å². The Balaban J connectivity index is 1.37. The van der Waals surface area contributed by atoms with Crippen LogP contribution in [0.15, 0.2) is 30.3 Å². The van der Waals surface area contributed by atoms with Crippen molar-refractivity contribution in [1.82, 2.24) is 10.3 Å². The van der Waals surface area contributed by atoms with Crippen molar-refractivity contribution in [3.05, 3.63) is 53.0 Å². The van der Waals surface area contributed by atoms with E-state index in [-0.39, 0.29) is 36.5 Å². The summed E-state index contributed by atoms with van der Waals surface area (Å²) >= 11 is 0. The van der Waals surface area contributed by atoms with E-state index in [1.54, 1.807) is 13.0 Å². The summed E-state index contributed by atoms with van der Waals surface area (Å²) in [5, 5.41) is 12.4. The highest BCUT2D eigenvalue weighted by atomic mass is 19.1. The fourth-order valence-corrected chi connectivity index (χ4v) is 5.02. The lowest BCUT2D eigenvalue weighted by Gasteiger charge is -2.35. The first-order chi connectivity index (χ1) is 17.8. The number of benzene rings is 1. The van der Waals surface area contributed by atoms with Crippen LogP contribution in [-0.2, 0) is 27.2 Å². The van der Waals surface area contributed by atoms with Crippen molar-refractivity contribution in [2.75, 3.05) is 25.2 Å². The molecule has 10 heteroatoms. The van der Waals surface area contributed by atoms with E-state index in [2.05, 4.69) is 10.3 Å². The highest BCUT2D eigenvalue weighted by Gasteiger charge is 2.36. The summed E-state index contributed by atoms with van der Waals surface area (Å²) in [6.07, 6.45) is 2.43. The third-order valence-electron chi connectivity index (χ3n) is 7.00. The highest BCUT2D eigenvalue weighted by Crippen LogP contribution is 2.37. The Kier molecular flexibility index (Phi) is 8.25. The second-order valence-electron chi connectivity index (χ2n) is 9.53. The standard InChI is InChI=1S/C27H32FN3O6/c1-3-37-24(32)15-22(18-7-9-23(36-2)21(28)14-18)30-26(33)19-11-16(12-19)13-20-8-6-17-5-4-10-31(27(34)35)25(17)29-20/h6-9,14,16,19,22H,3-5,10-13,15H2,1-2H3,(H,30,33)(H,34,35)/t16-,19+,22-/m0/s1. The zero-order chi connectivity index (χ0) is 26.5. The first kappa shape index (κ1) is 26.4. The maximum Gasteiger partial charge on any atom is 0.413 e. The number of carbonyl (C=O) groups is 3. The van der Waals surface area contributed by atoms with Crippen molar-refractivity contribution < 1.29 is 33.4 Å². The molecule has 1 aliphatic heterocycles. The Labute approximate surface area is 215 Å². The Morgan fingerprint density at radius 3 is 2.70 bits per heavy atom. The number of hydrogen-bond donors (Lipinski definition) is 2. The number of methoxy groups -OCH3 is 1. The van der Waals surface area contributed by atoms with Crippen LogP contribution in [0.5, 0.6) is 5.75 Å². The molecule has 1 aliphatic carbocycles. The molecular weight excluding hydrogens is 481 g/mol. The van der Waals surface area contributed by atoms with Crippen molar-refractivity contribution in [3.8, 4) is 5.75 Å². The zero-order valence-corrected chi connectivity index (χ0v) is 21.0. The molecule has 2 aromatic rings. The lowest BCUT2D eigenvalue weighted by molar-refractivity contribution is -0.144. The van der Waals surface area contributed by atoms with Crippen LogP contribution in [0.2, 0.25) is 0 Å². The molecule has 1 atom stereocenters. The Hall–Kier alpha value is -3.69. The minimum Gasteiger partial charge on any atom is -0.494 e. The third kappa shape index (κ3) is 6.18. The normalized spacial score (nSPS) is 19.3. The number of hydrogen-bond acceptors (Lipinski definition) is 6. The van der Waals surface area contributed by atoms with Gasteiger partial charge in [-0.3, -0.25) is 14.5 Å². The molecule has 1 fully saturated rings. The average molecular weight is 514 g/mol. The number of nitrogens with one attached hydrogen (secondary N) is 1. The number of nitrogens with zero attached hydrogens (tertiary/aromatic N) is 2. The molecule has 0 spiro atoms. The van der Waals surface area contributed by atoms with Gasteiger partial charge in [-0.1, -0.05) is 12.1 Å². The molecular formula is C27H32FN3O6. The Morgan fingerprint density at radius 2 is 2.03 bits per heavy atom. The highest BCUT2D eigenvalue weighted by molar-refractivity contribution is 5.86. The predicted molar refractivity (Wildman–Crippen MR) is 133 cm³/mol. The Bertz CT molecular complexity index is 1170. The molecule has 1 aromatic heterocycles. The number of ether oxygens (including phenoxy) is 2. The number of rotatable bonds is 9. The summed E-state index contributed by atoms with van der Waals surface area (Å²) in [6.45, 7) is 2.35. The molecule has 37 heavy (non-hydrogen) atoms. The molecule has 1 aromatic carbocycles. The van der Waals surface area contributed by atoms with Gasteiger partial charge < -0.3 is 19.9 Å². The van der Waals surface area contributed by atoms with Crippen LogP contribution in [-0.4, -0.2) is 48.3 Å². The molecule has 0 radical (unpaired) electrons. The number of fused-ring (bicyclic) bond motifs is 1. The van der Waals surface area contributed by atoms with E-state index in [4.69, 9.17) is 9.47 Å². The van der Waals surface area contributed by atoms with Crippen LogP contribution in [0.1, 0.15) is 55.5 Å². The number of pyridine rings is 1. The predicted octanol–water partition coefficient (Wildman–Crippen LogP) is 4.04. The van der Waals surface area contributed by atoms with E-state index < -0.39 is 23.9 Å². The van der Waals surface area contributed by atoms with Gasteiger partial charge >= 0.3 is 12.1 Å². The molecule has 198 valence electrons. The lowest BCUT2D eigenvalue weighted by atomic mass is 9.72. The fourth-order valence-electron chi connectivity index (χ4n) is 5.02. The van der Waals surface area contributed by atoms with Gasteiger partial charge in [0.2, 0.25) is 5.91 Å². The zero-order valence-electron chi connectivity index (χ0n) is 21.0. The summed E-state index contributed by atoms with van der Waals surface area (Å²) in [5.74, 6) is -0.657. The number of carboxylic acid groups (broad SMARTS) is 1. The molecule has 9 nitrogen and oxygen atoms in total. The van der Waals surface area contributed by atoms with Gasteiger partial charge in [-0.2, -0.15) is 0 Å². The van der Waals surface area contributed by atoms with Crippen molar-refractivity contribution in [2.24, 2.45) is 11.8 Å². The largest absolute Gasteiger partial charge is 0.494 e. The summed E-state index contributed by atoms with van der Waals surface area (Å²) in [4.78, 5) is 42.6. The number of anilines is 1. The summed E-state index contributed by atoms with van der Waals surface area (Å²) < 4.78 is 24.3. The number of amides is 2. The number of halogens is 1. The number of esters is 1. The molecule has 0 saturated heterocycles. The van der Waals surface area contributed by atoms with Crippen molar-refractivity contribution in [1.29, 1.82) is 0 Å². The lowest BCUT2D eigenvalue weighted by Crippen LogP contribution is -2.41. The topological polar surface area (TPSA) is 118 Å². The second-order valence-corrected chi connectivity index (χ2v) is 9.53. The van der Waals surface area contributed by atoms with Gasteiger partial charge in [-0.15, -0.1) is 0 Å². The third-order valence-corrected chi connectivity index (χ3v) is 7.00. The van der Waals surface area contributed by atoms with Gasteiger partial charge in [0.05, 0.1) is 26.2 Å². The molecule has 1 saturated carbocycles. The van der Waals surface area contributed by atoms with E-state index in [1.807, 2.05) is 12.1 Å². The van der Waals surface area contributed by atoms with Crippen molar-refractivity contribution >= 4 is 23.8 Å². The quantitative estimate of drug-likeness (QED) is 0.486. The molecule has 2 heterocycles. The monoisotopic (exact) mass is 513 g/mol. The number of aryl methyl sites for hydroxylation is 1. The molecule has 2 amide bonds. The fraction of sp³-hybridized carbons (Fsp3) is 0.481. The number of aromatic nitrogens is 1. The van der Waals surface area contributed by atoms with Crippen LogP contribution in [0.25, 0.3) is 0 Å². The summed E-state index contributed by atoms with van der Waals surface area (Å²) in [7, 11) is 1.37. The van der Waals surface area contributed by atoms with Crippen LogP contribution in [0.3, 0.4) is 0 Å². The van der Waals surface area contributed by atoms with Gasteiger partial charge in [0.25, 0.3) is 0 Å². The molecule has 0 bridgehead atoms. The van der Waals surface area contributed by atoms with Gasteiger partial charge in [-0.05, 0) is 74.3 Å². The second kappa shape index (κ2) is 11.6. The average Bonchev–Trinajstić information content (AvgIpc) is 2.85. The number of carbonyl (C=O) groups excluding carboxylic acids is 2. The van der Waals surface area contributed by atoms with Gasteiger partial charge in [-0.25, -0.2) is 14.2 Å². The van der Waals surface area contributed by atoms with E-state index in [0.717, 1.165) is 24.1 Å². The minimum atomic E-state index is -1.000. The van der Waals surface area contributed by atoms with E-state index >= 15 is 0 Å². The van der Waals surface area contributed by atoms with Gasteiger partial charge in [0.15, 0.2) is 11.6 Å². The van der Waals surface area contributed by atoms with E-state index in [0.29, 0.717) is 37.2 Å². The molecule has 0 unspecified atom stereocenters. The maximum atomic E-state index is 14.3. The molecule has 2 N–H and O–H groups in total. The smallest absolute Gasteiger partial charge is 0.413 e. The van der Waals surface area contributed by atoms with Gasteiger partial charge in [0, 0.05) is 18.2 Å². The summed E-state index contributed by atoms with van der Waals surface area (Å²) in [6, 6.07) is 7.50. The Morgan fingerprint density at radius 1 is 1.24 bits per heavy atom. The minimum absolute atomic E-state index is 0.0778. The van der Waals surface area contributed by atoms with E-state index in [9.17, 15) is 23.9 Å². The van der Waals surface area contributed by atoms with Crippen LogP contribution in [0, 0.1) is 17.7 Å².